The topological polar surface area (TPSA) is 42.9 Å². The molecule has 0 radical (unpaired) electrons. The summed E-state index contributed by atoms with van der Waals surface area (Å²) in [6.45, 7) is 7.72. The van der Waals surface area contributed by atoms with Crippen LogP contribution in [0.25, 0.3) is 98.5 Å². The van der Waals surface area contributed by atoms with Gasteiger partial charge < -0.3 is 13.7 Å². The monoisotopic (exact) mass is 699 g/mol. The van der Waals surface area contributed by atoms with E-state index >= 15 is 0 Å². The molecular weight excluding hydrogens is 671 g/mol. The van der Waals surface area contributed by atoms with Gasteiger partial charge in [0.25, 0.3) is 0 Å². The number of hydrogen-bond acceptors (Lipinski definition) is 1. The lowest BCUT2D eigenvalue weighted by molar-refractivity contribution is 1.16. The highest BCUT2D eigenvalue weighted by Crippen LogP contribution is 2.41. The molecule has 0 N–H and O–H groups in total. The van der Waals surface area contributed by atoms with Crippen LogP contribution in [0.15, 0.2) is 176 Å². The molecule has 11 rings (SSSR count). The minimum absolute atomic E-state index is 0.594. The second-order valence-corrected chi connectivity index (χ2v) is 14.0. The molecule has 0 aliphatic carbocycles. The van der Waals surface area contributed by atoms with Crippen LogP contribution in [0.4, 0.5) is 5.69 Å². The van der Waals surface area contributed by atoms with Crippen molar-refractivity contribution in [3.05, 3.63) is 193 Å². The van der Waals surface area contributed by atoms with Crippen LogP contribution >= 0.6 is 0 Å². The standard InChI is InChI=1S/C50H29N5/c1-52-34-22-25-42-40-15-4-8-19-46(40)54(50(42)29-34)35-12-10-11-33(28-35)37-24-21-32(31-51)27-49(37)55-47-20-9-5-16-41(47)43-30-36(23-26-48(43)55)53-44-17-6-2-13-38(44)39-14-3-7-18-45(39)53/h2-30H. The minimum atomic E-state index is 0.594. The number of rotatable bonds is 4. The Hall–Kier alpha value is -7.86. The number of benzene rings is 8. The van der Waals surface area contributed by atoms with Crippen molar-refractivity contribution in [1.29, 1.82) is 5.26 Å². The highest BCUT2D eigenvalue weighted by Gasteiger charge is 2.20. The fourth-order valence-corrected chi connectivity index (χ4v) is 8.71. The lowest BCUT2D eigenvalue weighted by atomic mass is 10.0. The lowest BCUT2D eigenvalue weighted by Crippen LogP contribution is -2.00. The second-order valence-electron chi connectivity index (χ2n) is 14.0. The predicted molar refractivity (Wildman–Crippen MR) is 226 cm³/mol. The van der Waals surface area contributed by atoms with Crippen LogP contribution < -0.4 is 0 Å². The SMILES string of the molecule is [C-]#[N+]c1ccc2c3ccccc3n(-c3cccc(-c4ccc(C#N)cc4-n4c5ccccc5c5cc(-n6c7ccccc7c7ccccc76)ccc54)c3)c2c1. The molecule has 0 fully saturated rings. The average molecular weight is 700 g/mol. The molecule has 0 atom stereocenters. The molecule has 55 heavy (non-hydrogen) atoms. The number of nitriles is 1. The maximum absolute atomic E-state index is 10.2. The Bertz CT molecular complexity index is 3420. The summed E-state index contributed by atoms with van der Waals surface area (Å²) in [7, 11) is 0. The molecule has 3 aromatic heterocycles. The predicted octanol–water partition coefficient (Wildman–Crippen LogP) is 13.1. The van der Waals surface area contributed by atoms with E-state index < -0.39 is 0 Å². The Morgan fingerprint density at radius 1 is 0.418 bits per heavy atom. The molecule has 0 bridgehead atoms. The summed E-state index contributed by atoms with van der Waals surface area (Å²) >= 11 is 0. The van der Waals surface area contributed by atoms with Crippen molar-refractivity contribution in [3.63, 3.8) is 0 Å². The summed E-state index contributed by atoms with van der Waals surface area (Å²) in [6, 6.07) is 63.8. The number of nitrogens with zero attached hydrogens (tertiary/aromatic N) is 5. The molecular formula is C50H29N5. The van der Waals surface area contributed by atoms with Gasteiger partial charge in [-0.25, -0.2) is 4.85 Å². The van der Waals surface area contributed by atoms with E-state index in [-0.39, 0.29) is 0 Å². The molecule has 5 nitrogen and oxygen atoms in total. The zero-order valence-electron chi connectivity index (χ0n) is 29.5. The first-order valence-corrected chi connectivity index (χ1v) is 18.3. The highest BCUT2D eigenvalue weighted by atomic mass is 15.0. The first-order valence-electron chi connectivity index (χ1n) is 18.3. The maximum atomic E-state index is 10.2. The summed E-state index contributed by atoms with van der Waals surface area (Å²) < 4.78 is 6.92. The van der Waals surface area contributed by atoms with Crippen molar-refractivity contribution in [2.75, 3.05) is 0 Å². The van der Waals surface area contributed by atoms with Gasteiger partial charge in [-0.15, -0.1) is 0 Å². The average Bonchev–Trinajstić information content (AvgIpc) is 3.88. The van der Waals surface area contributed by atoms with E-state index in [0.29, 0.717) is 11.3 Å². The molecule has 0 aliphatic heterocycles. The Morgan fingerprint density at radius 2 is 0.964 bits per heavy atom. The third kappa shape index (κ3) is 4.51. The number of para-hydroxylation sites is 4. The van der Waals surface area contributed by atoms with Crippen LogP contribution in [0, 0.1) is 17.9 Å². The van der Waals surface area contributed by atoms with Gasteiger partial charge in [0.1, 0.15) is 0 Å². The van der Waals surface area contributed by atoms with Gasteiger partial charge in [-0.2, -0.15) is 5.26 Å². The van der Waals surface area contributed by atoms with Crippen LogP contribution in [-0.2, 0) is 0 Å². The van der Waals surface area contributed by atoms with Gasteiger partial charge in [0.05, 0.1) is 51.5 Å². The van der Waals surface area contributed by atoms with Gasteiger partial charge in [-0.05, 0) is 78.4 Å². The molecule has 0 spiro atoms. The Kier molecular flexibility index (Phi) is 6.61. The van der Waals surface area contributed by atoms with E-state index in [1.165, 1.54) is 21.8 Å². The molecule has 0 amide bonds. The smallest absolute Gasteiger partial charge is 0.189 e. The van der Waals surface area contributed by atoms with Gasteiger partial charge in [0, 0.05) is 54.8 Å². The molecule has 0 aliphatic rings. The summed E-state index contributed by atoms with van der Waals surface area (Å²) in [5.41, 5.74) is 12.8. The lowest BCUT2D eigenvalue weighted by Gasteiger charge is -2.16. The number of fused-ring (bicyclic) bond motifs is 9. The zero-order valence-corrected chi connectivity index (χ0v) is 29.5. The third-order valence-electron chi connectivity index (χ3n) is 11.1. The highest BCUT2D eigenvalue weighted by molar-refractivity contribution is 6.13. The first-order chi connectivity index (χ1) is 27.2. The number of aromatic nitrogens is 3. The fourth-order valence-electron chi connectivity index (χ4n) is 8.71. The van der Waals surface area contributed by atoms with Crippen LogP contribution in [0.3, 0.4) is 0 Å². The minimum Gasteiger partial charge on any atom is -0.310 e. The Labute approximate surface area is 316 Å². The Balaban J connectivity index is 1.15. The summed E-state index contributed by atoms with van der Waals surface area (Å²) in [5.74, 6) is 0. The van der Waals surface area contributed by atoms with E-state index in [0.717, 1.165) is 71.8 Å². The quantitative estimate of drug-likeness (QED) is 0.169. The van der Waals surface area contributed by atoms with Crippen molar-refractivity contribution in [3.8, 4) is 34.3 Å². The van der Waals surface area contributed by atoms with Gasteiger partial charge in [0.15, 0.2) is 5.69 Å². The molecule has 0 unspecified atom stereocenters. The fraction of sp³-hybridized carbons (Fsp3) is 0. The van der Waals surface area contributed by atoms with Crippen molar-refractivity contribution in [2.45, 2.75) is 0 Å². The first kappa shape index (κ1) is 30.7. The second kappa shape index (κ2) is 11.8. The van der Waals surface area contributed by atoms with Crippen molar-refractivity contribution < 1.29 is 0 Å². The molecule has 5 heteroatoms. The van der Waals surface area contributed by atoms with Crippen LogP contribution in [0.2, 0.25) is 0 Å². The molecule has 11 aromatic rings. The van der Waals surface area contributed by atoms with Crippen molar-refractivity contribution in [2.24, 2.45) is 0 Å². The van der Waals surface area contributed by atoms with Crippen LogP contribution in [-0.4, -0.2) is 13.7 Å². The molecule has 8 aromatic carbocycles. The molecule has 3 heterocycles. The van der Waals surface area contributed by atoms with Gasteiger partial charge in [-0.1, -0.05) is 103 Å². The van der Waals surface area contributed by atoms with Gasteiger partial charge in [-0.3, -0.25) is 0 Å². The maximum Gasteiger partial charge on any atom is 0.189 e. The van der Waals surface area contributed by atoms with Crippen molar-refractivity contribution >= 4 is 71.1 Å². The molecule has 0 saturated carbocycles. The van der Waals surface area contributed by atoms with Crippen molar-refractivity contribution in [1.82, 2.24) is 13.7 Å². The normalized spacial score (nSPS) is 11.6. The van der Waals surface area contributed by atoms with E-state index in [1.54, 1.807) is 0 Å². The Morgan fingerprint density at radius 3 is 1.60 bits per heavy atom. The van der Waals surface area contributed by atoms with E-state index in [9.17, 15) is 5.26 Å². The third-order valence-corrected chi connectivity index (χ3v) is 11.1. The largest absolute Gasteiger partial charge is 0.310 e. The van der Waals surface area contributed by atoms with E-state index in [4.69, 9.17) is 6.57 Å². The zero-order chi connectivity index (χ0) is 36.6. The van der Waals surface area contributed by atoms with E-state index in [1.807, 2.05) is 24.3 Å². The summed E-state index contributed by atoms with van der Waals surface area (Å²) in [6.07, 6.45) is 0. The van der Waals surface area contributed by atoms with Gasteiger partial charge >= 0.3 is 0 Å². The molecule has 0 saturated heterocycles. The summed E-state index contributed by atoms with van der Waals surface area (Å²) in [4.78, 5) is 3.75. The molecule has 254 valence electrons. The number of hydrogen-bond donors (Lipinski definition) is 0. The summed E-state index contributed by atoms with van der Waals surface area (Å²) in [5, 5.41) is 17.2. The van der Waals surface area contributed by atoms with Gasteiger partial charge in [0.2, 0.25) is 0 Å². The van der Waals surface area contributed by atoms with Crippen LogP contribution in [0.1, 0.15) is 5.56 Å². The van der Waals surface area contributed by atoms with Crippen LogP contribution in [0.5, 0.6) is 0 Å². The van der Waals surface area contributed by atoms with E-state index in [2.05, 4.69) is 176 Å².